The van der Waals surface area contributed by atoms with Crippen molar-refractivity contribution >= 4 is 48.8 Å². The van der Waals surface area contributed by atoms with Gasteiger partial charge in [0.15, 0.2) is 0 Å². The Morgan fingerprint density at radius 2 is 1.85 bits per heavy atom. The van der Waals surface area contributed by atoms with E-state index in [1.807, 2.05) is 30.3 Å². The number of hydrogen-bond acceptors (Lipinski definition) is 3. The average Bonchev–Trinajstić information content (AvgIpc) is 3.40. The van der Waals surface area contributed by atoms with Crippen LogP contribution < -0.4 is 0 Å². The summed E-state index contributed by atoms with van der Waals surface area (Å²) in [6, 6.07) is 25.8. The van der Waals surface area contributed by atoms with E-state index >= 15 is 0 Å². The van der Waals surface area contributed by atoms with Gasteiger partial charge in [0.2, 0.25) is 0 Å². The zero-order valence-corrected chi connectivity index (χ0v) is 23.7. The standard InChI is InChI=1S/C24H28.C12H6N2S/c1-3-5-8-18-10-7-12-22-20(18)14-16-23-21-11-6-9-17(4-2)19(21)13-15-24(22)23;13-7-10-6-9-5-8-3-1-2-4-11(8)14-12(9)15-10/h6-7,10-12,14,16-17H,3-5,8-9,13,15H2,1-2H3;1-6H. The lowest BCUT2D eigenvalue weighted by Crippen LogP contribution is -2.14. The Bertz CT molecular complexity index is 1730. The largest absolute Gasteiger partial charge is 0.237 e. The summed E-state index contributed by atoms with van der Waals surface area (Å²) in [5.41, 5.74) is 8.86. The van der Waals surface area contributed by atoms with Gasteiger partial charge in [0.25, 0.3) is 0 Å². The molecule has 0 saturated heterocycles. The maximum atomic E-state index is 8.81. The highest BCUT2D eigenvalue weighted by Gasteiger charge is 2.25. The number of thiophene rings is 1. The van der Waals surface area contributed by atoms with Crippen molar-refractivity contribution in [2.24, 2.45) is 5.92 Å². The Morgan fingerprint density at radius 1 is 0.949 bits per heavy atom. The number of nitrogens with zero attached hydrogens (tertiary/aromatic N) is 2. The molecule has 3 heteroatoms. The zero-order valence-electron chi connectivity index (χ0n) is 22.8. The van der Waals surface area contributed by atoms with Crippen molar-refractivity contribution in [1.29, 1.82) is 5.26 Å². The lowest BCUT2D eigenvalue weighted by atomic mass is 9.74. The molecule has 2 aromatic heterocycles. The van der Waals surface area contributed by atoms with Gasteiger partial charge in [-0.3, -0.25) is 0 Å². The van der Waals surface area contributed by atoms with Crippen LogP contribution in [0, 0.1) is 17.2 Å². The molecule has 0 bridgehead atoms. The first kappa shape index (κ1) is 25.5. The van der Waals surface area contributed by atoms with Gasteiger partial charge in [0.05, 0.1) is 5.52 Å². The SMILES string of the molecule is CCCCc1cccc2c3c(ccc12)C1=C(CC3)C(CC)CC=C1.N#Cc1cc2cc3ccccc3nc2s1. The van der Waals surface area contributed by atoms with Crippen molar-refractivity contribution in [3.05, 3.63) is 106 Å². The van der Waals surface area contributed by atoms with Crippen molar-refractivity contribution in [2.45, 2.75) is 58.8 Å². The van der Waals surface area contributed by atoms with E-state index < -0.39 is 0 Å². The Balaban J connectivity index is 0.000000158. The van der Waals surface area contributed by atoms with Gasteiger partial charge >= 0.3 is 0 Å². The quantitative estimate of drug-likeness (QED) is 0.233. The van der Waals surface area contributed by atoms with E-state index in [0.717, 1.165) is 27.0 Å². The number of hydrogen-bond donors (Lipinski definition) is 0. The lowest BCUT2D eigenvalue weighted by molar-refractivity contribution is 0.569. The molecule has 0 aliphatic heterocycles. The van der Waals surface area contributed by atoms with E-state index in [0.29, 0.717) is 4.88 Å². The van der Waals surface area contributed by atoms with Crippen LogP contribution in [0.15, 0.2) is 84.5 Å². The molecule has 39 heavy (non-hydrogen) atoms. The summed E-state index contributed by atoms with van der Waals surface area (Å²) in [6.07, 6.45) is 13.5. The van der Waals surface area contributed by atoms with Crippen LogP contribution >= 0.6 is 11.3 Å². The van der Waals surface area contributed by atoms with E-state index in [1.165, 1.54) is 83.8 Å². The Morgan fingerprint density at radius 3 is 2.69 bits per heavy atom. The van der Waals surface area contributed by atoms with Crippen molar-refractivity contribution < 1.29 is 0 Å². The van der Waals surface area contributed by atoms with Gasteiger partial charge in [-0.1, -0.05) is 86.5 Å². The van der Waals surface area contributed by atoms with E-state index in [4.69, 9.17) is 5.26 Å². The lowest BCUT2D eigenvalue weighted by Gasteiger charge is -2.30. The molecule has 0 N–H and O–H groups in total. The Kier molecular flexibility index (Phi) is 7.31. The molecular formula is C36H34N2S. The fourth-order valence-electron chi connectivity index (χ4n) is 6.32. The van der Waals surface area contributed by atoms with Crippen LogP contribution in [-0.4, -0.2) is 4.98 Å². The highest BCUT2D eigenvalue weighted by Crippen LogP contribution is 2.43. The highest BCUT2D eigenvalue weighted by atomic mass is 32.1. The summed E-state index contributed by atoms with van der Waals surface area (Å²) in [5, 5.41) is 14.0. The first-order valence-corrected chi connectivity index (χ1v) is 15.1. The molecule has 5 aromatic rings. The van der Waals surface area contributed by atoms with Gasteiger partial charge < -0.3 is 0 Å². The van der Waals surface area contributed by atoms with Crippen molar-refractivity contribution in [1.82, 2.24) is 4.98 Å². The number of para-hydroxylation sites is 1. The van der Waals surface area contributed by atoms with Crippen LogP contribution in [-0.2, 0) is 12.8 Å². The Hall–Kier alpha value is -3.74. The van der Waals surface area contributed by atoms with Gasteiger partial charge in [-0.2, -0.15) is 5.26 Å². The van der Waals surface area contributed by atoms with Crippen LogP contribution in [0.5, 0.6) is 0 Å². The van der Waals surface area contributed by atoms with Gasteiger partial charge in [0.1, 0.15) is 15.8 Å². The van der Waals surface area contributed by atoms with Gasteiger partial charge in [-0.15, -0.1) is 11.3 Å². The molecule has 3 aromatic carbocycles. The number of nitriles is 1. The molecule has 0 radical (unpaired) electrons. The molecule has 1 atom stereocenters. The number of pyridine rings is 1. The smallest absolute Gasteiger partial charge is 0.125 e. The van der Waals surface area contributed by atoms with E-state index in [2.05, 4.69) is 73.5 Å². The topological polar surface area (TPSA) is 36.7 Å². The zero-order chi connectivity index (χ0) is 26.8. The number of aryl methyl sites for hydroxylation is 2. The molecule has 0 spiro atoms. The average molecular weight is 527 g/mol. The summed E-state index contributed by atoms with van der Waals surface area (Å²) >= 11 is 1.44. The Labute approximate surface area is 235 Å². The highest BCUT2D eigenvalue weighted by molar-refractivity contribution is 7.19. The van der Waals surface area contributed by atoms with E-state index in [-0.39, 0.29) is 0 Å². The summed E-state index contributed by atoms with van der Waals surface area (Å²) in [7, 11) is 0. The first-order valence-electron chi connectivity index (χ1n) is 14.3. The van der Waals surface area contributed by atoms with Crippen molar-refractivity contribution in [3.63, 3.8) is 0 Å². The fourth-order valence-corrected chi connectivity index (χ4v) is 7.14. The van der Waals surface area contributed by atoms with E-state index in [9.17, 15) is 0 Å². The predicted molar refractivity (Wildman–Crippen MR) is 167 cm³/mol. The molecule has 2 nitrogen and oxygen atoms in total. The normalized spacial score (nSPS) is 16.1. The van der Waals surface area contributed by atoms with Crippen LogP contribution in [0.25, 0.3) is 37.5 Å². The number of rotatable bonds is 4. The van der Waals surface area contributed by atoms with Gasteiger partial charge in [-0.25, -0.2) is 4.98 Å². The molecule has 194 valence electrons. The molecule has 1 unspecified atom stereocenters. The van der Waals surface area contributed by atoms with Crippen molar-refractivity contribution in [3.8, 4) is 6.07 Å². The molecule has 0 amide bonds. The van der Waals surface area contributed by atoms with Crippen LogP contribution in [0.1, 0.15) is 67.5 Å². The second-order valence-corrected chi connectivity index (χ2v) is 11.7. The van der Waals surface area contributed by atoms with Gasteiger partial charge in [0, 0.05) is 10.8 Å². The summed E-state index contributed by atoms with van der Waals surface area (Å²) in [4.78, 5) is 6.16. The number of benzene rings is 3. The minimum atomic E-state index is 0.716. The summed E-state index contributed by atoms with van der Waals surface area (Å²) in [6.45, 7) is 4.62. The second-order valence-electron chi connectivity index (χ2n) is 10.7. The molecule has 2 aliphatic carbocycles. The number of allylic oxidation sites excluding steroid dienone is 4. The van der Waals surface area contributed by atoms with Crippen LogP contribution in [0.2, 0.25) is 0 Å². The van der Waals surface area contributed by atoms with Gasteiger partial charge in [-0.05, 0) is 95.7 Å². The second kappa shape index (κ2) is 11.2. The summed E-state index contributed by atoms with van der Waals surface area (Å²) in [5.74, 6) is 0.768. The molecule has 7 rings (SSSR count). The molecule has 0 fully saturated rings. The maximum Gasteiger partial charge on any atom is 0.125 e. The minimum absolute atomic E-state index is 0.716. The number of aromatic nitrogens is 1. The number of fused-ring (bicyclic) bond motifs is 6. The monoisotopic (exact) mass is 526 g/mol. The number of unbranched alkanes of at least 4 members (excludes halogenated alkanes) is 1. The first-order chi connectivity index (χ1) is 19.2. The molecular weight excluding hydrogens is 492 g/mol. The molecule has 2 heterocycles. The summed E-state index contributed by atoms with van der Waals surface area (Å²) < 4.78 is 0. The molecule has 2 aliphatic rings. The van der Waals surface area contributed by atoms with E-state index in [1.54, 1.807) is 11.1 Å². The minimum Gasteiger partial charge on any atom is -0.237 e. The maximum absolute atomic E-state index is 8.81. The molecule has 0 saturated carbocycles. The third-order valence-electron chi connectivity index (χ3n) is 8.35. The third-order valence-corrected chi connectivity index (χ3v) is 9.30. The predicted octanol–water partition coefficient (Wildman–Crippen LogP) is 10.2. The van der Waals surface area contributed by atoms with Crippen molar-refractivity contribution in [2.75, 3.05) is 0 Å². The fraction of sp³-hybridized carbons (Fsp3) is 0.278. The van der Waals surface area contributed by atoms with Crippen LogP contribution in [0.4, 0.5) is 0 Å². The van der Waals surface area contributed by atoms with Crippen LogP contribution in [0.3, 0.4) is 0 Å². The third kappa shape index (κ3) is 4.90.